The fourth-order valence-corrected chi connectivity index (χ4v) is 4.34. The standard InChI is InChI=1S/C11H14N4O5S/c16-9-2-1-7-6-14(3-4-15(7)9)21(19,20)10-8(11(17)18)5-12-13-10/h5,7H,1-4,6H2,(H,12,13)(H,17,18). The lowest BCUT2D eigenvalue weighted by Crippen LogP contribution is -2.53. The molecule has 2 N–H and O–H groups in total. The third-order valence-electron chi connectivity index (χ3n) is 3.89. The third-order valence-corrected chi connectivity index (χ3v) is 5.73. The van der Waals surface area contributed by atoms with Gasteiger partial charge in [-0.15, -0.1) is 0 Å². The molecule has 9 nitrogen and oxygen atoms in total. The van der Waals surface area contributed by atoms with E-state index in [1.54, 1.807) is 4.90 Å². The second-order valence-corrected chi connectivity index (χ2v) is 6.94. The van der Waals surface area contributed by atoms with Gasteiger partial charge in [0.2, 0.25) is 5.91 Å². The van der Waals surface area contributed by atoms with Gasteiger partial charge in [-0.2, -0.15) is 9.40 Å². The van der Waals surface area contributed by atoms with Crippen molar-refractivity contribution in [3.8, 4) is 0 Å². The Labute approximate surface area is 120 Å². The van der Waals surface area contributed by atoms with Crippen molar-refractivity contribution in [3.63, 3.8) is 0 Å². The van der Waals surface area contributed by atoms with E-state index in [9.17, 15) is 18.0 Å². The summed E-state index contributed by atoms with van der Waals surface area (Å²) >= 11 is 0. The van der Waals surface area contributed by atoms with Crippen molar-refractivity contribution in [2.75, 3.05) is 19.6 Å². The Morgan fingerprint density at radius 2 is 2.19 bits per heavy atom. The minimum Gasteiger partial charge on any atom is -0.478 e. The molecule has 0 aromatic carbocycles. The predicted octanol–water partition coefficient (Wildman–Crippen LogP) is -0.897. The van der Waals surface area contributed by atoms with E-state index in [1.807, 2.05) is 0 Å². The van der Waals surface area contributed by atoms with Gasteiger partial charge >= 0.3 is 5.97 Å². The summed E-state index contributed by atoms with van der Waals surface area (Å²) in [6, 6.07) is -0.128. The molecule has 2 aliphatic rings. The summed E-state index contributed by atoms with van der Waals surface area (Å²) in [6.07, 6.45) is 2.03. The van der Waals surface area contributed by atoms with Gasteiger partial charge in [-0.05, 0) is 6.42 Å². The van der Waals surface area contributed by atoms with Crippen LogP contribution in [0.25, 0.3) is 0 Å². The Morgan fingerprint density at radius 3 is 2.90 bits per heavy atom. The van der Waals surface area contributed by atoms with Crippen LogP contribution in [0.3, 0.4) is 0 Å². The minimum atomic E-state index is -3.95. The molecule has 114 valence electrons. The number of carbonyl (C=O) groups excluding carboxylic acids is 1. The summed E-state index contributed by atoms with van der Waals surface area (Å²) in [4.78, 5) is 24.3. The quantitative estimate of drug-likeness (QED) is 0.745. The highest BCUT2D eigenvalue weighted by molar-refractivity contribution is 7.89. The number of hydrogen-bond acceptors (Lipinski definition) is 5. The third kappa shape index (κ3) is 2.20. The van der Waals surface area contributed by atoms with Crippen molar-refractivity contribution in [2.24, 2.45) is 0 Å². The van der Waals surface area contributed by atoms with E-state index in [2.05, 4.69) is 10.2 Å². The average molecular weight is 314 g/mol. The van der Waals surface area contributed by atoms with E-state index in [-0.39, 0.29) is 30.6 Å². The number of carbonyl (C=O) groups is 2. The van der Waals surface area contributed by atoms with Crippen LogP contribution in [-0.2, 0) is 14.8 Å². The lowest BCUT2D eigenvalue weighted by molar-refractivity contribution is -0.130. The van der Waals surface area contributed by atoms with Crippen LogP contribution in [0.2, 0.25) is 0 Å². The molecule has 1 unspecified atom stereocenters. The summed E-state index contributed by atoms with van der Waals surface area (Å²) in [6.45, 7) is 0.675. The normalized spacial score (nSPS) is 23.3. The van der Waals surface area contributed by atoms with Crippen LogP contribution < -0.4 is 0 Å². The summed E-state index contributed by atoms with van der Waals surface area (Å²) in [5.74, 6) is -1.30. The fourth-order valence-electron chi connectivity index (χ4n) is 2.81. The molecule has 0 bridgehead atoms. The maximum atomic E-state index is 12.5. The van der Waals surface area contributed by atoms with E-state index in [0.717, 1.165) is 6.20 Å². The molecular weight excluding hydrogens is 300 g/mol. The smallest absolute Gasteiger partial charge is 0.340 e. The molecule has 0 saturated carbocycles. The number of aromatic amines is 1. The number of aromatic nitrogens is 2. The number of nitrogens with zero attached hydrogens (tertiary/aromatic N) is 3. The van der Waals surface area contributed by atoms with Crippen LogP contribution in [0, 0.1) is 0 Å². The van der Waals surface area contributed by atoms with Crippen LogP contribution in [0.1, 0.15) is 23.2 Å². The second kappa shape index (κ2) is 4.81. The number of carboxylic acids is 1. The van der Waals surface area contributed by atoms with Crippen molar-refractivity contribution >= 4 is 21.9 Å². The van der Waals surface area contributed by atoms with Crippen molar-refractivity contribution in [2.45, 2.75) is 23.9 Å². The average Bonchev–Trinajstić information content (AvgIpc) is 3.06. The summed E-state index contributed by atoms with van der Waals surface area (Å²) in [5, 5.41) is 14.4. The number of aromatic carboxylic acids is 1. The number of piperazine rings is 1. The van der Waals surface area contributed by atoms with Crippen LogP contribution in [0.15, 0.2) is 11.2 Å². The lowest BCUT2D eigenvalue weighted by atomic mass is 10.2. The highest BCUT2D eigenvalue weighted by Gasteiger charge is 2.41. The first-order valence-corrected chi connectivity index (χ1v) is 7.91. The molecular formula is C11H14N4O5S. The summed E-state index contributed by atoms with van der Waals surface area (Å²) < 4.78 is 26.3. The summed E-state index contributed by atoms with van der Waals surface area (Å²) in [5.41, 5.74) is -0.375. The molecule has 3 heterocycles. The van der Waals surface area contributed by atoms with Crippen molar-refractivity contribution < 1.29 is 23.1 Å². The van der Waals surface area contributed by atoms with Gasteiger partial charge in [0.1, 0.15) is 5.56 Å². The molecule has 1 aromatic heterocycles. The molecule has 10 heteroatoms. The Kier molecular flexibility index (Phi) is 3.21. The molecule has 0 aliphatic carbocycles. The van der Waals surface area contributed by atoms with Gasteiger partial charge < -0.3 is 10.0 Å². The van der Waals surface area contributed by atoms with Gasteiger partial charge in [0.25, 0.3) is 10.0 Å². The van der Waals surface area contributed by atoms with E-state index in [1.165, 1.54) is 4.31 Å². The van der Waals surface area contributed by atoms with Gasteiger partial charge in [-0.1, -0.05) is 0 Å². The van der Waals surface area contributed by atoms with Crippen LogP contribution >= 0.6 is 0 Å². The second-order valence-electron chi connectivity index (χ2n) is 5.06. The topological polar surface area (TPSA) is 124 Å². The lowest BCUT2D eigenvalue weighted by Gasteiger charge is -2.36. The SMILES string of the molecule is O=C(O)c1cn[nH]c1S(=O)(=O)N1CCN2C(=O)CCC2C1. The number of carboxylic acid groups (broad SMARTS) is 1. The largest absolute Gasteiger partial charge is 0.478 e. The van der Waals surface area contributed by atoms with Crippen molar-refractivity contribution in [3.05, 3.63) is 11.8 Å². The maximum absolute atomic E-state index is 12.5. The number of fused-ring (bicyclic) bond motifs is 1. The van der Waals surface area contributed by atoms with E-state index >= 15 is 0 Å². The van der Waals surface area contributed by atoms with Gasteiger partial charge in [-0.3, -0.25) is 9.89 Å². The highest BCUT2D eigenvalue weighted by atomic mass is 32.2. The van der Waals surface area contributed by atoms with Crippen molar-refractivity contribution in [1.82, 2.24) is 19.4 Å². The molecule has 2 aliphatic heterocycles. The Balaban J connectivity index is 1.88. The molecule has 2 fully saturated rings. The van der Waals surface area contributed by atoms with Gasteiger partial charge in [-0.25, -0.2) is 13.2 Å². The summed E-state index contributed by atoms with van der Waals surface area (Å²) in [7, 11) is -3.95. The van der Waals surface area contributed by atoms with Crippen LogP contribution in [0.5, 0.6) is 0 Å². The van der Waals surface area contributed by atoms with E-state index in [4.69, 9.17) is 5.11 Å². The Hall–Kier alpha value is -1.94. The minimum absolute atomic E-state index is 0.0461. The molecule has 0 spiro atoms. The zero-order valence-corrected chi connectivity index (χ0v) is 11.8. The van der Waals surface area contributed by atoms with Crippen LogP contribution in [-0.4, -0.2) is 70.5 Å². The molecule has 21 heavy (non-hydrogen) atoms. The zero-order valence-electron chi connectivity index (χ0n) is 11.0. The molecule has 2 saturated heterocycles. The van der Waals surface area contributed by atoms with Gasteiger partial charge in [0.05, 0.1) is 6.20 Å². The monoisotopic (exact) mass is 314 g/mol. The highest BCUT2D eigenvalue weighted by Crippen LogP contribution is 2.27. The molecule has 3 rings (SSSR count). The van der Waals surface area contributed by atoms with Crippen LogP contribution in [0.4, 0.5) is 0 Å². The van der Waals surface area contributed by atoms with E-state index in [0.29, 0.717) is 19.4 Å². The molecule has 1 atom stereocenters. The number of sulfonamides is 1. The number of hydrogen-bond donors (Lipinski definition) is 2. The first kappa shape index (κ1) is 14.0. The number of H-pyrrole nitrogens is 1. The predicted molar refractivity (Wildman–Crippen MR) is 69.0 cm³/mol. The van der Waals surface area contributed by atoms with Gasteiger partial charge in [0, 0.05) is 32.1 Å². The fraction of sp³-hybridized carbons (Fsp3) is 0.545. The van der Waals surface area contributed by atoms with E-state index < -0.39 is 21.0 Å². The molecule has 0 radical (unpaired) electrons. The van der Waals surface area contributed by atoms with Crippen molar-refractivity contribution in [1.29, 1.82) is 0 Å². The molecule has 1 amide bonds. The first-order valence-electron chi connectivity index (χ1n) is 6.47. The van der Waals surface area contributed by atoms with Gasteiger partial charge in [0.15, 0.2) is 5.03 Å². The zero-order chi connectivity index (χ0) is 15.2. The number of rotatable bonds is 3. The number of amides is 1. The Bertz CT molecular complexity index is 697. The number of nitrogens with one attached hydrogen (secondary N) is 1. The molecule has 1 aromatic rings. The Morgan fingerprint density at radius 1 is 1.43 bits per heavy atom. The maximum Gasteiger partial charge on any atom is 0.340 e. The first-order chi connectivity index (χ1) is 9.91.